The van der Waals surface area contributed by atoms with Gasteiger partial charge >= 0.3 is 0 Å². The number of carbonyl (C=O) groups is 1. The lowest BCUT2D eigenvalue weighted by Crippen LogP contribution is -2.26. The number of halogens is 1. The van der Waals surface area contributed by atoms with Gasteiger partial charge in [-0.1, -0.05) is 28.9 Å². The quantitative estimate of drug-likeness (QED) is 0.526. The van der Waals surface area contributed by atoms with Crippen molar-refractivity contribution in [3.8, 4) is 11.4 Å². The number of rotatable bonds is 7. The van der Waals surface area contributed by atoms with Gasteiger partial charge in [0.15, 0.2) is 0 Å². The smallest absolute Gasteiger partial charge is 0.243 e. The Morgan fingerprint density at radius 1 is 1.27 bits per heavy atom. The molecule has 0 spiro atoms. The Morgan fingerprint density at radius 3 is 2.70 bits per heavy atom. The predicted octanol–water partition coefficient (Wildman–Crippen LogP) is 3.89. The molecule has 0 unspecified atom stereocenters. The number of hydrogen-bond acceptors (Lipinski definition) is 7. The highest BCUT2D eigenvalue weighted by Crippen LogP contribution is 2.29. The van der Waals surface area contributed by atoms with Crippen molar-refractivity contribution in [3.05, 3.63) is 53.4 Å². The van der Waals surface area contributed by atoms with Crippen molar-refractivity contribution in [1.82, 2.24) is 14.4 Å². The molecular formula is C19H19ClN4O4S2. The number of aromatic nitrogens is 2. The van der Waals surface area contributed by atoms with Gasteiger partial charge in [0.1, 0.15) is 0 Å². The summed E-state index contributed by atoms with van der Waals surface area (Å²) < 4.78 is 32.3. The number of nitrogens with zero attached hydrogens (tertiary/aromatic N) is 3. The lowest BCUT2D eigenvalue weighted by atomic mass is 10.2. The molecule has 3 rings (SSSR count). The highest BCUT2D eigenvalue weighted by molar-refractivity contribution is 7.98. The number of sulfonamides is 1. The minimum absolute atomic E-state index is 0.0427. The fourth-order valence-corrected chi connectivity index (χ4v) is 4.53. The van der Waals surface area contributed by atoms with E-state index in [9.17, 15) is 13.2 Å². The van der Waals surface area contributed by atoms with Crippen LogP contribution in [0.5, 0.6) is 0 Å². The predicted molar refractivity (Wildman–Crippen MR) is 116 cm³/mol. The number of amides is 1. The van der Waals surface area contributed by atoms with Gasteiger partial charge in [-0.2, -0.15) is 9.29 Å². The van der Waals surface area contributed by atoms with Crippen molar-refractivity contribution in [2.24, 2.45) is 0 Å². The van der Waals surface area contributed by atoms with Crippen LogP contribution in [0.1, 0.15) is 12.8 Å². The van der Waals surface area contributed by atoms with E-state index < -0.39 is 10.0 Å². The van der Waals surface area contributed by atoms with E-state index >= 15 is 0 Å². The first-order valence-corrected chi connectivity index (χ1v) is 11.8. The van der Waals surface area contributed by atoms with E-state index in [1.165, 1.54) is 37.9 Å². The molecule has 0 saturated heterocycles. The van der Waals surface area contributed by atoms with Crippen LogP contribution >= 0.6 is 23.4 Å². The van der Waals surface area contributed by atoms with Crippen LogP contribution in [0.3, 0.4) is 0 Å². The first kappa shape index (κ1) is 22.3. The van der Waals surface area contributed by atoms with Gasteiger partial charge in [0, 0.05) is 29.5 Å². The standard InChI is InChI=1S/C19H19ClN4O4S2/c1-12(25)21-16-10-15(7-8-17(16)29-3)30(26,27)24(2)11-18-22-19(23-28-18)13-5-4-6-14(20)9-13/h4-10H,11H2,1-3H3,(H,21,25). The fraction of sp³-hybridized carbons (Fsp3) is 0.211. The second-order valence-electron chi connectivity index (χ2n) is 6.33. The largest absolute Gasteiger partial charge is 0.338 e. The molecule has 0 saturated carbocycles. The zero-order chi connectivity index (χ0) is 21.9. The summed E-state index contributed by atoms with van der Waals surface area (Å²) in [5.41, 5.74) is 1.10. The van der Waals surface area contributed by atoms with Crippen molar-refractivity contribution in [1.29, 1.82) is 0 Å². The van der Waals surface area contributed by atoms with Gasteiger partial charge in [-0.25, -0.2) is 8.42 Å². The lowest BCUT2D eigenvalue weighted by Gasteiger charge is -2.17. The number of benzene rings is 2. The molecule has 3 aromatic rings. The van der Waals surface area contributed by atoms with Gasteiger partial charge < -0.3 is 9.84 Å². The summed E-state index contributed by atoms with van der Waals surface area (Å²) in [4.78, 5) is 16.5. The van der Waals surface area contributed by atoms with Crippen molar-refractivity contribution < 1.29 is 17.7 Å². The van der Waals surface area contributed by atoms with Gasteiger partial charge in [-0.3, -0.25) is 4.79 Å². The molecule has 0 aliphatic rings. The van der Waals surface area contributed by atoms with Crippen molar-refractivity contribution >= 4 is 45.0 Å². The Bertz CT molecular complexity index is 1180. The monoisotopic (exact) mass is 466 g/mol. The molecule has 1 aromatic heterocycles. The van der Waals surface area contributed by atoms with Crippen LogP contribution in [0.2, 0.25) is 5.02 Å². The summed E-state index contributed by atoms with van der Waals surface area (Å²) in [6, 6.07) is 11.5. The molecule has 1 heterocycles. The third-order valence-corrected chi connectivity index (χ3v) is 6.93. The molecule has 0 radical (unpaired) electrons. The molecule has 30 heavy (non-hydrogen) atoms. The average Bonchev–Trinajstić information content (AvgIpc) is 3.16. The summed E-state index contributed by atoms with van der Waals surface area (Å²) in [6.07, 6.45) is 1.84. The minimum Gasteiger partial charge on any atom is -0.338 e. The van der Waals surface area contributed by atoms with Gasteiger partial charge in [0.2, 0.25) is 27.6 Å². The summed E-state index contributed by atoms with van der Waals surface area (Å²) in [5, 5.41) is 7.08. The molecular weight excluding hydrogens is 448 g/mol. The summed E-state index contributed by atoms with van der Waals surface area (Å²) in [6.45, 7) is 1.25. The SMILES string of the molecule is CSc1ccc(S(=O)(=O)N(C)Cc2nc(-c3cccc(Cl)c3)no2)cc1NC(C)=O. The Hall–Kier alpha value is -2.40. The van der Waals surface area contributed by atoms with E-state index in [1.54, 1.807) is 30.3 Å². The van der Waals surface area contributed by atoms with Crippen molar-refractivity contribution in [3.63, 3.8) is 0 Å². The Kier molecular flexibility index (Phi) is 6.81. The molecule has 1 amide bonds. The summed E-state index contributed by atoms with van der Waals surface area (Å²) in [5.74, 6) is 0.169. The normalized spacial score (nSPS) is 11.6. The van der Waals surface area contributed by atoms with Gasteiger partial charge in [0.25, 0.3) is 0 Å². The van der Waals surface area contributed by atoms with Crippen molar-refractivity contribution in [2.75, 3.05) is 18.6 Å². The lowest BCUT2D eigenvalue weighted by molar-refractivity contribution is -0.114. The van der Waals surface area contributed by atoms with E-state index in [1.807, 2.05) is 6.26 Å². The number of nitrogens with one attached hydrogen (secondary N) is 1. The first-order valence-electron chi connectivity index (χ1n) is 8.71. The average molecular weight is 467 g/mol. The maximum atomic E-state index is 13.0. The van der Waals surface area contributed by atoms with E-state index in [2.05, 4.69) is 15.5 Å². The van der Waals surface area contributed by atoms with E-state index in [4.69, 9.17) is 16.1 Å². The molecule has 0 aliphatic heterocycles. The van der Waals surface area contributed by atoms with Crippen LogP contribution in [-0.2, 0) is 21.4 Å². The number of carbonyl (C=O) groups excluding carboxylic acids is 1. The first-order chi connectivity index (χ1) is 14.2. The molecule has 1 N–H and O–H groups in total. The Labute approximate surface area is 183 Å². The van der Waals surface area contributed by atoms with Crippen LogP contribution in [0.25, 0.3) is 11.4 Å². The Morgan fingerprint density at radius 2 is 2.03 bits per heavy atom. The van der Waals surface area contributed by atoms with E-state index in [0.29, 0.717) is 22.1 Å². The maximum Gasteiger partial charge on any atom is 0.243 e. The molecule has 2 aromatic carbocycles. The fourth-order valence-electron chi connectivity index (χ4n) is 2.65. The van der Waals surface area contributed by atoms with Crippen LogP contribution in [0, 0.1) is 0 Å². The Balaban J connectivity index is 1.83. The van der Waals surface area contributed by atoms with Crippen LogP contribution in [0.4, 0.5) is 5.69 Å². The number of anilines is 1. The molecule has 158 valence electrons. The van der Waals surface area contributed by atoms with E-state index in [0.717, 1.165) is 9.20 Å². The minimum atomic E-state index is -3.86. The van der Waals surface area contributed by atoms with Crippen molar-refractivity contribution in [2.45, 2.75) is 23.3 Å². The third kappa shape index (κ3) is 5.01. The second kappa shape index (κ2) is 9.17. The molecule has 0 aliphatic carbocycles. The highest BCUT2D eigenvalue weighted by Gasteiger charge is 2.24. The van der Waals surface area contributed by atoms with Crippen LogP contribution in [0.15, 0.2) is 56.8 Å². The van der Waals surface area contributed by atoms with Gasteiger partial charge in [0.05, 0.1) is 17.1 Å². The maximum absolute atomic E-state index is 13.0. The molecule has 0 atom stereocenters. The number of thioether (sulfide) groups is 1. The highest BCUT2D eigenvalue weighted by atomic mass is 35.5. The summed E-state index contributed by atoms with van der Waals surface area (Å²) >= 11 is 7.38. The molecule has 0 fully saturated rings. The zero-order valence-electron chi connectivity index (χ0n) is 16.4. The molecule has 8 nitrogen and oxygen atoms in total. The molecule has 11 heteroatoms. The van der Waals surface area contributed by atoms with Gasteiger partial charge in [-0.05, 0) is 36.6 Å². The summed E-state index contributed by atoms with van der Waals surface area (Å²) in [7, 11) is -2.44. The van der Waals surface area contributed by atoms with Crippen LogP contribution < -0.4 is 5.32 Å². The third-order valence-electron chi connectivity index (χ3n) is 4.10. The van der Waals surface area contributed by atoms with Crippen LogP contribution in [-0.4, -0.2) is 42.1 Å². The van der Waals surface area contributed by atoms with Gasteiger partial charge in [-0.15, -0.1) is 11.8 Å². The topological polar surface area (TPSA) is 105 Å². The molecule has 0 bridgehead atoms. The second-order valence-corrected chi connectivity index (χ2v) is 9.66. The van der Waals surface area contributed by atoms with E-state index in [-0.39, 0.29) is 23.2 Å². The number of hydrogen-bond donors (Lipinski definition) is 1. The zero-order valence-corrected chi connectivity index (χ0v) is 18.8.